The number of esters is 1. The fraction of sp³-hybridized carbons (Fsp3) is 0.800. The summed E-state index contributed by atoms with van der Waals surface area (Å²) < 4.78 is 6.26. The maximum atomic E-state index is 12.9. The lowest BCUT2D eigenvalue weighted by molar-refractivity contribution is -0.184. The normalized spacial score (nSPS) is 45.1. The number of fused-ring (bicyclic) bond motifs is 3. The maximum absolute atomic E-state index is 12.9. The lowest BCUT2D eigenvalue weighted by Gasteiger charge is -2.49. The van der Waals surface area contributed by atoms with Gasteiger partial charge in [-0.3, -0.25) is 9.59 Å². The quantitative estimate of drug-likeness (QED) is 0.582. The fourth-order valence-corrected chi connectivity index (χ4v) is 5.89. The van der Waals surface area contributed by atoms with Gasteiger partial charge in [0.2, 0.25) is 0 Å². The average Bonchev–Trinajstić information content (AvgIpc) is 3.10. The van der Waals surface area contributed by atoms with E-state index in [2.05, 4.69) is 6.92 Å². The third kappa shape index (κ3) is 2.38. The third-order valence-corrected chi connectivity index (χ3v) is 7.15. The summed E-state index contributed by atoms with van der Waals surface area (Å²) in [6.45, 7) is 2.18. The van der Waals surface area contributed by atoms with Gasteiger partial charge in [-0.15, -0.1) is 0 Å². The van der Waals surface area contributed by atoms with Crippen molar-refractivity contribution in [2.75, 3.05) is 0 Å². The Morgan fingerprint density at radius 3 is 2.70 bits per heavy atom. The van der Waals surface area contributed by atoms with Crippen molar-refractivity contribution in [2.45, 2.75) is 70.3 Å². The Balaban J connectivity index is 1.52. The molecule has 0 aromatic rings. The number of hydrogen-bond acceptors (Lipinski definition) is 3. The van der Waals surface area contributed by atoms with Gasteiger partial charge >= 0.3 is 5.97 Å². The summed E-state index contributed by atoms with van der Waals surface area (Å²) in [5, 5.41) is 0. The molecule has 0 spiro atoms. The second-order valence-corrected chi connectivity index (χ2v) is 8.14. The summed E-state index contributed by atoms with van der Waals surface area (Å²) in [7, 11) is 0. The van der Waals surface area contributed by atoms with Crippen molar-refractivity contribution in [3.05, 3.63) is 12.2 Å². The Morgan fingerprint density at radius 2 is 2.00 bits per heavy atom. The van der Waals surface area contributed by atoms with Crippen molar-refractivity contribution < 1.29 is 14.3 Å². The summed E-state index contributed by atoms with van der Waals surface area (Å²) in [6, 6.07) is 0. The van der Waals surface area contributed by atoms with Crippen molar-refractivity contribution in [1.29, 1.82) is 0 Å². The highest BCUT2D eigenvalue weighted by Gasteiger charge is 2.52. The molecule has 0 amide bonds. The van der Waals surface area contributed by atoms with Crippen molar-refractivity contribution in [3.8, 4) is 0 Å². The van der Waals surface area contributed by atoms with E-state index in [1.807, 2.05) is 12.2 Å². The highest BCUT2D eigenvalue weighted by atomic mass is 16.6. The monoisotopic (exact) mass is 316 g/mol. The molecule has 6 unspecified atom stereocenters. The Hall–Kier alpha value is -1.12. The lowest BCUT2D eigenvalue weighted by atomic mass is 9.62. The van der Waals surface area contributed by atoms with Gasteiger partial charge in [0.25, 0.3) is 0 Å². The van der Waals surface area contributed by atoms with Crippen LogP contribution in [0.1, 0.15) is 64.7 Å². The molecule has 0 aliphatic heterocycles. The minimum atomic E-state index is -0.255. The van der Waals surface area contributed by atoms with E-state index in [9.17, 15) is 9.59 Å². The number of carbonyl (C=O) groups is 2. The van der Waals surface area contributed by atoms with E-state index in [1.165, 1.54) is 38.5 Å². The van der Waals surface area contributed by atoms with Gasteiger partial charge in [-0.1, -0.05) is 38.3 Å². The molecule has 4 rings (SSSR count). The molecule has 3 saturated carbocycles. The van der Waals surface area contributed by atoms with Gasteiger partial charge in [0.1, 0.15) is 11.4 Å². The molecule has 23 heavy (non-hydrogen) atoms. The Bertz CT molecular complexity index is 535. The molecule has 126 valence electrons. The van der Waals surface area contributed by atoms with Crippen molar-refractivity contribution in [3.63, 3.8) is 0 Å². The lowest BCUT2D eigenvalue weighted by Crippen LogP contribution is -2.50. The molecule has 0 N–H and O–H groups in total. The first-order chi connectivity index (χ1) is 11.1. The Morgan fingerprint density at radius 1 is 1.22 bits per heavy atom. The molecule has 0 radical (unpaired) electrons. The van der Waals surface area contributed by atoms with Gasteiger partial charge in [-0.2, -0.15) is 0 Å². The van der Waals surface area contributed by atoms with Gasteiger partial charge < -0.3 is 4.74 Å². The van der Waals surface area contributed by atoms with Gasteiger partial charge in [0.05, 0.1) is 5.92 Å². The Labute approximate surface area is 138 Å². The van der Waals surface area contributed by atoms with Crippen LogP contribution >= 0.6 is 0 Å². The van der Waals surface area contributed by atoms with Crippen molar-refractivity contribution in [2.24, 2.45) is 29.6 Å². The molecule has 0 heterocycles. The van der Waals surface area contributed by atoms with E-state index < -0.39 is 0 Å². The number of Topliss-reactive ketones (excluding diaryl/α,β-unsaturated/α-hetero) is 1. The van der Waals surface area contributed by atoms with Crippen LogP contribution < -0.4 is 0 Å². The minimum absolute atomic E-state index is 0.0242. The molecule has 3 heteroatoms. The van der Waals surface area contributed by atoms with Crippen LogP contribution in [-0.2, 0) is 14.3 Å². The first-order valence-electron chi connectivity index (χ1n) is 9.59. The van der Waals surface area contributed by atoms with E-state index in [0.29, 0.717) is 12.3 Å². The number of carbonyl (C=O) groups excluding carboxylic acids is 2. The zero-order valence-electron chi connectivity index (χ0n) is 14.1. The van der Waals surface area contributed by atoms with Crippen LogP contribution in [0.3, 0.4) is 0 Å². The number of allylic oxidation sites excluding steroid dienone is 2. The zero-order chi connectivity index (χ0) is 16.0. The third-order valence-electron chi connectivity index (χ3n) is 7.15. The van der Waals surface area contributed by atoms with Crippen LogP contribution in [0.25, 0.3) is 0 Å². The molecule has 4 aliphatic rings. The van der Waals surface area contributed by atoms with Crippen molar-refractivity contribution >= 4 is 11.8 Å². The fourth-order valence-electron chi connectivity index (χ4n) is 5.89. The highest BCUT2D eigenvalue weighted by Crippen LogP contribution is 2.50. The molecular weight excluding hydrogens is 288 g/mol. The standard InChI is InChI=1S/C20H28O3/c1-2-20(11-5-7-13-6-3-4-8-17(13)20)23-19(22)16-12-14-9-10-15(16)18(14)21/h9-10,13-17H,2-8,11-12H2,1H3. The summed E-state index contributed by atoms with van der Waals surface area (Å²) in [6.07, 6.45) is 14.1. The number of ketones is 1. The molecule has 0 aromatic heterocycles. The molecule has 3 fully saturated rings. The van der Waals surface area contributed by atoms with Gasteiger partial charge in [-0.05, 0) is 44.4 Å². The van der Waals surface area contributed by atoms with E-state index in [1.54, 1.807) is 0 Å². The van der Waals surface area contributed by atoms with Gasteiger partial charge in [0.15, 0.2) is 0 Å². The summed E-state index contributed by atoms with van der Waals surface area (Å²) in [4.78, 5) is 25.0. The molecule has 0 saturated heterocycles. The van der Waals surface area contributed by atoms with Crippen LogP contribution in [0.2, 0.25) is 0 Å². The summed E-state index contributed by atoms with van der Waals surface area (Å²) in [5.41, 5.74) is -0.255. The van der Waals surface area contributed by atoms with Crippen molar-refractivity contribution in [1.82, 2.24) is 0 Å². The Kier molecular flexibility index (Phi) is 3.85. The first-order valence-corrected chi connectivity index (χ1v) is 9.59. The predicted octanol–water partition coefficient (Wildman–Crippen LogP) is 4.06. The van der Waals surface area contributed by atoms with Crippen LogP contribution in [0, 0.1) is 29.6 Å². The largest absolute Gasteiger partial charge is 0.459 e. The smallest absolute Gasteiger partial charge is 0.310 e. The van der Waals surface area contributed by atoms with E-state index in [-0.39, 0.29) is 35.1 Å². The van der Waals surface area contributed by atoms with Crippen LogP contribution in [-0.4, -0.2) is 17.4 Å². The minimum Gasteiger partial charge on any atom is -0.459 e. The molecule has 6 atom stereocenters. The van der Waals surface area contributed by atoms with Gasteiger partial charge in [-0.25, -0.2) is 0 Å². The van der Waals surface area contributed by atoms with E-state index in [4.69, 9.17) is 4.74 Å². The highest BCUT2D eigenvalue weighted by molar-refractivity contribution is 5.96. The van der Waals surface area contributed by atoms with Crippen LogP contribution in [0.15, 0.2) is 12.2 Å². The first kappa shape index (κ1) is 15.4. The summed E-state index contributed by atoms with van der Waals surface area (Å²) in [5.74, 6) is 0.983. The molecule has 4 aliphatic carbocycles. The second-order valence-electron chi connectivity index (χ2n) is 8.14. The number of hydrogen-bond donors (Lipinski definition) is 0. The molecular formula is C20H28O3. The number of ether oxygens (including phenoxy) is 1. The predicted molar refractivity (Wildman–Crippen MR) is 87.6 cm³/mol. The maximum Gasteiger partial charge on any atom is 0.310 e. The molecule has 0 aromatic carbocycles. The van der Waals surface area contributed by atoms with E-state index in [0.717, 1.165) is 18.8 Å². The van der Waals surface area contributed by atoms with E-state index >= 15 is 0 Å². The SMILES string of the molecule is CCC1(OC(=O)C2CC3C=CC2C3=O)CCCC2CCCCC21. The molecule has 2 bridgehead atoms. The molecule has 3 nitrogen and oxygen atoms in total. The van der Waals surface area contributed by atoms with Crippen LogP contribution in [0.4, 0.5) is 0 Å². The van der Waals surface area contributed by atoms with Crippen LogP contribution in [0.5, 0.6) is 0 Å². The summed E-state index contributed by atoms with van der Waals surface area (Å²) >= 11 is 0. The number of rotatable bonds is 3. The average molecular weight is 316 g/mol. The van der Waals surface area contributed by atoms with Gasteiger partial charge in [0, 0.05) is 17.8 Å². The zero-order valence-corrected chi connectivity index (χ0v) is 14.1. The second kappa shape index (κ2) is 5.75. The topological polar surface area (TPSA) is 43.4 Å².